The zero-order valence-corrected chi connectivity index (χ0v) is 42.0. The van der Waals surface area contributed by atoms with Crippen LogP contribution in [-0.2, 0) is 51.4 Å². The highest BCUT2D eigenvalue weighted by molar-refractivity contribution is 5.95. The Morgan fingerprint density at radius 1 is 0.566 bits per heavy atom. The van der Waals surface area contributed by atoms with Crippen LogP contribution in [0.2, 0.25) is 0 Å². The summed E-state index contributed by atoms with van der Waals surface area (Å²) < 4.78 is 0. The van der Waals surface area contributed by atoms with Gasteiger partial charge >= 0.3 is 47.8 Å². The van der Waals surface area contributed by atoms with E-state index in [0.29, 0.717) is 36.1 Å². The number of aliphatic carboxylic acids is 7. The second-order valence-electron chi connectivity index (χ2n) is 18.3. The Labute approximate surface area is 437 Å². The molecular weight excluding hydrogens is 999 g/mol. The lowest BCUT2D eigenvalue weighted by atomic mass is 10.1. The van der Waals surface area contributed by atoms with Gasteiger partial charge in [-0.15, -0.1) is 0 Å². The lowest BCUT2D eigenvalue weighted by Gasteiger charge is -2.35. The number of carbonyl (C=O) groups excluding carboxylic acids is 3. The van der Waals surface area contributed by atoms with Crippen molar-refractivity contribution in [3.63, 3.8) is 0 Å². The summed E-state index contributed by atoms with van der Waals surface area (Å²) in [6.45, 7) is 0.178. The van der Waals surface area contributed by atoms with Gasteiger partial charge in [0, 0.05) is 95.4 Å². The molecule has 0 spiro atoms. The van der Waals surface area contributed by atoms with Crippen LogP contribution < -0.4 is 16.0 Å². The van der Waals surface area contributed by atoms with Gasteiger partial charge in [-0.25, -0.2) is 14.4 Å². The number of carboxylic acid groups (broad SMARTS) is 7. The molecule has 0 bridgehead atoms. The van der Waals surface area contributed by atoms with Crippen molar-refractivity contribution < 1.29 is 83.7 Å². The summed E-state index contributed by atoms with van der Waals surface area (Å²) in [5, 5.41) is 75.8. The summed E-state index contributed by atoms with van der Waals surface area (Å²) >= 11 is 0. The Bertz CT molecular complexity index is 2460. The first-order valence-electron chi connectivity index (χ1n) is 24.7. The average Bonchev–Trinajstić information content (AvgIpc) is 3.35. The second kappa shape index (κ2) is 31.2. The van der Waals surface area contributed by atoms with Gasteiger partial charge in [-0.3, -0.25) is 58.1 Å². The number of hydrogen-bond acceptors (Lipinski definition) is 15. The Kier molecular flexibility index (Phi) is 24.9. The number of amides is 4. The van der Waals surface area contributed by atoms with Crippen molar-refractivity contribution in [2.75, 3.05) is 78.5 Å². The van der Waals surface area contributed by atoms with Crippen LogP contribution in [0.5, 0.6) is 0 Å². The minimum atomic E-state index is -1.55. The number of hydrogen-bond donors (Lipinski definition) is 10. The fourth-order valence-electron chi connectivity index (χ4n) is 8.59. The summed E-state index contributed by atoms with van der Waals surface area (Å²) in [5.74, 6) is -9.53. The number of unbranched alkanes of at least 4 members (excludes halogenated alkanes) is 2. The van der Waals surface area contributed by atoms with E-state index in [-0.39, 0.29) is 117 Å². The van der Waals surface area contributed by atoms with Crippen LogP contribution in [-0.4, -0.2) is 222 Å². The van der Waals surface area contributed by atoms with E-state index in [1.807, 2.05) is 30.3 Å². The molecule has 1 unspecified atom stereocenters. The molecule has 1 aromatic heterocycles. The maximum Gasteiger partial charge on any atom is 0.326 e. The Hall–Kier alpha value is -7.81. The maximum absolute atomic E-state index is 14.2. The topological polar surface area (TPSA) is 377 Å². The zero-order chi connectivity index (χ0) is 55.7. The van der Waals surface area contributed by atoms with Gasteiger partial charge in [0.25, 0.3) is 5.91 Å². The maximum atomic E-state index is 14.2. The lowest BCUT2D eigenvalue weighted by Crippen LogP contribution is -2.52. The third-order valence-corrected chi connectivity index (χ3v) is 12.7. The van der Waals surface area contributed by atoms with Crippen LogP contribution in [0.15, 0.2) is 60.8 Å². The summed E-state index contributed by atoms with van der Waals surface area (Å²) in [6.07, 6.45) is 1.44. The van der Waals surface area contributed by atoms with E-state index in [4.69, 9.17) is 5.11 Å². The van der Waals surface area contributed by atoms with Crippen molar-refractivity contribution in [3.05, 3.63) is 77.6 Å². The van der Waals surface area contributed by atoms with Gasteiger partial charge in [0.05, 0.1) is 31.9 Å². The van der Waals surface area contributed by atoms with Gasteiger partial charge in [0.2, 0.25) is 5.91 Å². The third-order valence-electron chi connectivity index (χ3n) is 12.7. The number of carbonyl (C=O) groups is 10. The van der Waals surface area contributed by atoms with Gasteiger partial charge in [-0.05, 0) is 54.8 Å². The molecule has 1 aliphatic heterocycles. The largest absolute Gasteiger partial charge is 0.481 e. The van der Waals surface area contributed by atoms with Gasteiger partial charge < -0.3 is 56.6 Å². The van der Waals surface area contributed by atoms with E-state index in [0.717, 1.165) is 10.8 Å². The Morgan fingerprint density at radius 2 is 1.11 bits per heavy atom. The average molecular weight is 1070 g/mol. The summed E-state index contributed by atoms with van der Waals surface area (Å²) in [5.41, 5.74) is 1.57. The molecule has 3 aromatic rings. The van der Waals surface area contributed by atoms with E-state index in [1.54, 1.807) is 55.0 Å². The van der Waals surface area contributed by atoms with Crippen molar-refractivity contribution in [2.24, 2.45) is 0 Å². The molecule has 76 heavy (non-hydrogen) atoms. The summed E-state index contributed by atoms with van der Waals surface area (Å²) in [4.78, 5) is 134. The van der Waals surface area contributed by atoms with Crippen molar-refractivity contribution >= 4 is 70.4 Å². The highest BCUT2D eigenvalue weighted by atomic mass is 16.4. The van der Waals surface area contributed by atoms with Gasteiger partial charge in [-0.1, -0.05) is 49.2 Å². The smallest absolute Gasteiger partial charge is 0.326 e. The molecular formula is C50H67N9O17. The van der Waals surface area contributed by atoms with Crippen LogP contribution in [0.25, 0.3) is 10.8 Å². The van der Waals surface area contributed by atoms with Crippen LogP contribution in [0.4, 0.5) is 4.79 Å². The summed E-state index contributed by atoms with van der Waals surface area (Å²) in [6, 6.07) is 10.7. The van der Waals surface area contributed by atoms with Crippen molar-refractivity contribution in [1.29, 1.82) is 0 Å². The number of rotatable bonds is 29. The van der Waals surface area contributed by atoms with Gasteiger partial charge in [0.15, 0.2) is 0 Å². The molecule has 4 amide bonds. The molecule has 4 rings (SSSR count). The molecule has 2 heterocycles. The highest BCUT2D eigenvalue weighted by Crippen LogP contribution is 2.21. The minimum Gasteiger partial charge on any atom is -0.481 e. The molecule has 3 atom stereocenters. The van der Waals surface area contributed by atoms with Crippen LogP contribution in [0.3, 0.4) is 0 Å². The SMILES string of the molecule is O=C(O)CC[C@@H](NC(=O)N[C@H](CCCCCN(Cc1nccc2ccccc12)C(=O)c1ccc(CNC(=O)CCC(C(=O)O)N2CCN(CC(=O)O)CCN(CC(=O)O)CCN(CC(=O)O)CC2)cc1)C(=O)O)C(=O)O. The predicted octanol–water partition coefficient (Wildman–Crippen LogP) is 0.833. The van der Waals surface area contributed by atoms with E-state index in [9.17, 15) is 78.6 Å². The standard InChI is InChI=1S/C50H67N9O17/c60-41(15-14-40(49(74)75)58-26-24-56(31-44(65)66)22-20-55(30-43(63)64)21-23-57(25-27-58)32-45(67)68)52-28-33-9-11-35(12-10-33)46(69)59(29-39-36-7-4-3-6-34(36)17-18-51-39)19-5-1-2-8-37(47(70)71)53-50(76)54-38(48(72)73)13-16-42(61)62/h3-4,6-7,9-12,17-18,37-38,40H,1-2,5,8,13-16,19-32H2,(H,52,60)(H,61,62)(H,63,64)(H,65,66)(H,67,68)(H,70,71)(H,72,73)(H,74,75)(H2,53,54,76)/t37-,38-,40?/m1/s1. The minimum absolute atomic E-state index is 0.0320. The fourth-order valence-corrected chi connectivity index (χ4v) is 8.59. The number of nitrogens with zero attached hydrogens (tertiary/aromatic N) is 6. The normalized spacial score (nSPS) is 15.4. The number of nitrogens with one attached hydrogen (secondary N) is 3. The number of aromatic nitrogens is 1. The van der Waals surface area contributed by atoms with Crippen molar-refractivity contribution in [3.8, 4) is 0 Å². The van der Waals surface area contributed by atoms with E-state index < -0.39 is 84.7 Å². The predicted molar refractivity (Wildman–Crippen MR) is 269 cm³/mol. The number of benzene rings is 2. The monoisotopic (exact) mass is 1070 g/mol. The van der Waals surface area contributed by atoms with Crippen LogP contribution in [0.1, 0.15) is 73.0 Å². The third kappa shape index (κ3) is 21.6. The molecule has 1 aliphatic rings. The molecule has 414 valence electrons. The van der Waals surface area contributed by atoms with E-state index in [1.165, 1.54) is 0 Å². The molecule has 0 radical (unpaired) electrons. The molecule has 10 N–H and O–H groups in total. The Morgan fingerprint density at radius 3 is 1.63 bits per heavy atom. The molecule has 0 aliphatic carbocycles. The van der Waals surface area contributed by atoms with Crippen molar-refractivity contribution in [2.45, 2.75) is 82.6 Å². The van der Waals surface area contributed by atoms with Crippen LogP contribution in [0, 0.1) is 0 Å². The molecule has 2 aromatic carbocycles. The number of urea groups is 1. The quantitative estimate of drug-likeness (QED) is 0.0430. The van der Waals surface area contributed by atoms with E-state index in [2.05, 4.69) is 20.9 Å². The van der Waals surface area contributed by atoms with Gasteiger partial charge in [-0.2, -0.15) is 0 Å². The molecule has 0 saturated carbocycles. The number of carboxylic acids is 7. The molecule has 1 fully saturated rings. The lowest BCUT2D eigenvalue weighted by molar-refractivity contribution is -0.145. The fraction of sp³-hybridized carbons (Fsp3) is 0.500. The molecule has 26 nitrogen and oxygen atoms in total. The van der Waals surface area contributed by atoms with Gasteiger partial charge in [0.1, 0.15) is 18.1 Å². The first-order valence-corrected chi connectivity index (χ1v) is 24.7. The number of fused-ring (bicyclic) bond motifs is 1. The molecule has 1 saturated heterocycles. The van der Waals surface area contributed by atoms with Crippen molar-refractivity contribution in [1.82, 2.24) is 45.4 Å². The Balaban J connectivity index is 1.38. The first kappa shape index (κ1) is 60.7. The summed E-state index contributed by atoms with van der Waals surface area (Å²) in [7, 11) is 0. The first-order chi connectivity index (χ1) is 36.2. The van der Waals surface area contributed by atoms with Crippen LogP contribution >= 0.6 is 0 Å². The molecule has 26 heteroatoms. The second-order valence-corrected chi connectivity index (χ2v) is 18.3. The zero-order valence-electron chi connectivity index (χ0n) is 42.0. The van der Waals surface area contributed by atoms with E-state index >= 15 is 0 Å². The number of pyridine rings is 1. The highest BCUT2D eigenvalue weighted by Gasteiger charge is 2.30.